The fraction of sp³-hybridized carbons (Fsp3) is 0.500. The van der Waals surface area contributed by atoms with Crippen molar-refractivity contribution in [1.29, 1.82) is 5.41 Å². The Balaban J connectivity index is 3.76. The van der Waals surface area contributed by atoms with Gasteiger partial charge in [0.2, 0.25) is 0 Å². The third-order valence-corrected chi connectivity index (χ3v) is 2.21. The predicted molar refractivity (Wildman–Crippen MR) is 62.1 cm³/mol. The standard InChI is InChI=1S/C10H18N2S/c1-5-6-13-10(11)9(4)12-7-8(2)3/h5-6,8,11-12H,4,7H2,1-3H3/b6-5+,11-10?. The molecule has 13 heavy (non-hydrogen) atoms. The van der Waals surface area contributed by atoms with Gasteiger partial charge < -0.3 is 5.32 Å². The maximum atomic E-state index is 7.59. The van der Waals surface area contributed by atoms with Gasteiger partial charge in [0.25, 0.3) is 0 Å². The molecule has 2 N–H and O–H groups in total. The second-order valence-corrected chi connectivity index (χ2v) is 4.09. The molecule has 0 fully saturated rings. The van der Waals surface area contributed by atoms with E-state index in [4.69, 9.17) is 5.41 Å². The van der Waals surface area contributed by atoms with E-state index < -0.39 is 0 Å². The summed E-state index contributed by atoms with van der Waals surface area (Å²) in [5, 5.41) is 13.1. The van der Waals surface area contributed by atoms with E-state index in [0.717, 1.165) is 6.54 Å². The molecule has 0 aliphatic rings. The quantitative estimate of drug-likeness (QED) is 0.526. The van der Waals surface area contributed by atoms with Gasteiger partial charge in [-0.2, -0.15) is 0 Å². The van der Waals surface area contributed by atoms with Crippen LogP contribution in [0.3, 0.4) is 0 Å². The Bertz CT molecular complexity index is 207. The van der Waals surface area contributed by atoms with Crippen molar-refractivity contribution in [3.8, 4) is 0 Å². The smallest absolute Gasteiger partial charge is 0.114 e. The van der Waals surface area contributed by atoms with Crippen LogP contribution in [0.4, 0.5) is 0 Å². The van der Waals surface area contributed by atoms with Crippen molar-refractivity contribution in [1.82, 2.24) is 5.32 Å². The van der Waals surface area contributed by atoms with Crippen LogP contribution >= 0.6 is 11.8 Å². The molecule has 3 heteroatoms. The van der Waals surface area contributed by atoms with Gasteiger partial charge in [0, 0.05) is 6.54 Å². The van der Waals surface area contributed by atoms with Crippen LogP contribution in [0.1, 0.15) is 20.8 Å². The molecule has 0 unspecified atom stereocenters. The van der Waals surface area contributed by atoms with Crippen molar-refractivity contribution >= 4 is 16.8 Å². The minimum atomic E-state index is 0.485. The van der Waals surface area contributed by atoms with E-state index in [2.05, 4.69) is 25.7 Å². The second kappa shape index (κ2) is 6.78. The van der Waals surface area contributed by atoms with Gasteiger partial charge in [-0.15, -0.1) is 0 Å². The Morgan fingerprint density at radius 1 is 1.62 bits per heavy atom. The molecule has 0 aromatic rings. The van der Waals surface area contributed by atoms with Crippen LogP contribution in [0.15, 0.2) is 23.8 Å². The van der Waals surface area contributed by atoms with Crippen LogP contribution in [0, 0.1) is 11.3 Å². The highest BCUT2D eigenvalue weighted by atomic mass is 32.2. The molecule has 0 rings (SSSR count). The summed E-state index contributed by atoms with van der Waals surface area (Å²) in [6, 6.07) is 0. The van der Waals surface area contributed by atoms with E-state index in [0.29, 0.717) is 16.7 Å². The lowest BCUT2D eigenvalue weighted by atomic mass is 10.2. The second-order valence-electron chi connectivity index (χ2n) is 3.17. The highest BCUT2D eigenvalue weighted by Gasteiger charge is 2.01. The van der Waals surface area contributed by atoms with Gasteiger partial charge in [0.15, 0.2) is 0 Å². The molecule has 74 valence electrons. The molecule has 0 saturated carbocycles. The highest BCUT2D eigenvalue weighted by molar-refractivity contribution is 8.16. The zero-order valence-corrected chi connectivity index (χ0v) is 9.37. The largest absolute Gasteiger partial charge is 0.383 e. The van der Waals surface area contributed by atoms with Gasteiger partial charge >= 0.3 is 0 Å². The van der Waals surface area contributed by atoms with Crippen LogP contribution in [0.25, 0.3) is 0 Å². The number of allylic oxidation sites excluding steroid dienone is 1. The summed E-state index contributed by atoms with van der Waals surface area (Å²) in [5.74, 6) is 0.580. The van der Waals surface area contributed by atoms with Crippen molar-refractivity contribution in [2.45, 2.75) is 20.8 Å². The first-order valence-electron chi connectivity index (χ1n) is 4.37. The summed E-state index contributed by atoms with van der Waals surface area (Å²) in [7, 11) is 0. The van der Waals surface area contributed by atoms with Crippen molar-refractivity contribution in [3.05, 3.63) is 23.8 Å². The fourth-order valence-corrected chi connectivity index (χ4v) is 1.10. The molecule has 0 aromatic heterocycles. The van der Waals surface area contributed by atoms with Gasteiger partial charge in [-0.05, 0) is 18.2 Å². The lowest BCUT2D eigenvalue weighted by molar-refractivity contribution is 0.605. The van der Waals surface area contributed by atoms with Gasteiger partial charge in [-0.3, -0.25) is 5.41 Å². The van der Waals surface area contributed by atoms with E-state index in [1.807, 2.05) is 18.4 Å². The summed E-state index contributed by atoms with van der Waals surface area (Å²) in [5.41, 5.74) is 0.705. The Labute approximate surface area is 85.0 Å². The van der Waals surface area contributed by atoms with Gasteiger partial charge in [-0.25, -0.2) is 0 Å². The zero-order valence-electron chi connectivity index (χ0n) is 8.55. The third kappa shape index (κ3) is 6.46. The molecule has 0 bridgehead atoms. The van der Waals surface area contributed by atoms with Crippen LogP contribution in [-0.4, -0.2) is 11.6 Å². The average Bonchev–Trinajstić information content (AvgIpc) is 2.10. The first-order valence-corrected chi connectivity index (χ1v) is 5.25. The lowest BCUT2D eigenvalue weighted by Gasteiger charge is -2.10. The lowest BCUT2D eigenvalue weighted by Crippen LogP contribution is -2.21. The molecule has 0 spiro atoms. The molecule has 0 amide bonds. The topological polar surface area (TPSA) is 35.9 Å². The summed E-state index contributed by atoms with van der Waals surface area (Å²) in [6.45, 7) is 10.9. The Hall–Kier alpha value is -0.700. The van der Waals surface area contributed by atoms with E-state index in [1.54, 1.807) is 0 Å². The Morgan fingerprint density at radius 3 is 2.69 bits per heavy atom. The molecule has 0 aliphatic heterocycles. The normalized spacial score (nSPS) is 10.8. The van der Waals surface area contributed by atoms with Crippen LogP contribution in [0.2, 0.25) is 0 Å². The number of hydrogen-bond donors (Lipinski definition) is 2. The van der Waals surface area contributed by atoms with E-state index in [-0.39, 0.29) is 0 Å². The van der Waals surface area contributed by atoms with Gasteiger partial charge in [0.05, 0.1) is 5.70 Å². The monoisotopic (exact) mass is 198 g/mol. The molecule has 0 aliphatic carbocycles. The zero-order chi connectivity index (χ0) is 10.3. The van der Waals surface area contributed by atoms with Gasteiger partial charge in [0.1, 0.15) is 5.04 Å². The van der Waals surface area contributed by atoms with Crippen molar-refractivity contribution in [2.24, 2.45) is 5.92 Å². The first kappa shape index (κ1) is 12.3. The highest BCUT2D eigenvalue weighted by Crippen LogP contribution is 2.09. The third-order valence-electron chi connectivity index (χ3n) is 1.32. The first-order chi connectivity index (χ1) is 6.07. The minimum Gasteiger partial charge on any atom is -0.383 e. The SMILES string of the molecule is C=C(NCC(C)C)C(=N)S/C=C/C. The maximum absolute atomic E-state index is 7.59. The van der Waals surface area contributed by atoms with E-state index in [1.165, 1.54) is 11.8 Å². The summed E-state index contributed by atoms with van der Waals surface area (Å²) >= 11 is 1.38. The molecular formula is C10H18N2S. The maximum Gasteiger partial charge on any atom is 0.114 e. The summed E-state index contributed by atoms with van der Waals surface area (Å²) in [4.78, 5) is 0. The number of hydrogen-bond acceptors (Lipinski definition) is 3. The Morgan fingerprint density at radius 2 is 2.23 bits per heavy atom. The van der Waals surface area contributed by atoms with Crippen molar-refractivity contribution in [2.75, 3.05) is 6.54 Å². The number of nitrogens with one attached hydrogen (secondary N) is 2. The van der Waals surface area contributed by atoms with Gasteiger partial charge in [-0.1, -0.05) is 38.3 Å². The predicted octanol–water partition coefficient (Wildman–Crippen LogP) is 2.99. The Kier molecular flexibility index (Phi) is 6.41. The summed E-state index contributed by atoms with van der Waals surface area (Å²) in [6.07, 6.45) is 1.91. The minimum absolute atomic E-state index is 0.485. The molecule has 2 nitrogen and oxygen atoms in total. The average molecular weight is 198 g/mol. The van der Waals surface area contributed by atoms with E-state index >= 15 is 0 Å². The molecule has 0 aromatic carbocycles. The molecule has 0 saturated heterocycles. The number of thioether (sulfide) groups is 1. The van der Waals surface area contributed by atoms with Crippen LogP contribution in [0.5, 0.6) is 0 Å². The van der Waals surface area contributed by atoms with Crippen LogP contribution in [-0.2, 0) is 0 Å². The van der Waals surface area contributed by atoms with Crippen molar-refractivity contribution in [3.63, 3.8) is 0 Å². The van der Waals surface area contributed by atoms with E-state index in [9.17, 15) is 0 Å². The molecule has 0 atom stereocenters. The molecule has 0 radical (unpaired) electrons. The molecular weight excluding hydrogens is 180 g/mol. The van der Waals surface area contributed by atoms with Crippen LogP contribution < -0.4 is 5.32 Å². The van der Waals surface area contributed by atoms with Crippen molar-refractivity contribution < 1.29 is 0 Å². The summed E-state index contributed by atoms with van der Waals surface area (Å²) < 4.78 is 0. The fourth-order valence-electron chi connectivity index (χ4n) is 0.615. The number of rotatable bonds is 5. The molecule has 0 heterocycles.